The number of aryl methyl sites for hydroxylation is 1. The summed E-state index contributed by atoms with van der Waals surface area (Å²) >= 11 is 0. The molecule has 1 aliphatic rings. The second kappa shape index (κ2) is 8.60. The highest BCUT2D eigenvalue weighted by molar-refractivity contribution is 5.60. The van der Waals surface area contributed by atoms with Crippen LogP contribution in [0.5, 0.6) is 0 Å². The lowest BCUT2D eigenvalue weighted by atomic mass is 9.77. The Bertz CT molecular complexity index is 669. The molecule has 1 fully saturated rings. The molecule has 134 valence electrons. The van der Waals surface area contributed by atoms with E-state index in [1.165, 1.54) is 56.9 Å². The SMILES string of the molecule is CCCCC[C@H]1CC[C@H](c2ccc(-c3ccc(C)cc3F)nc2)CC1. The molecule has 2 aromatic rings. The van der Waals surface area contributed by atoms with Gasteiger partial charge in [0.15, 0.2) is 0 Å². The van der Waals surface area contributed by atoms with E-state index >= 15 is 0 Å². The normalized spacial score (nSPS) is 20.6. The van der Waals surface area contributed by atoms with E-state index in [-0.39, 0.29) is 5.82 Å². The summed E-state index contributed by atoms with van der Waals surface area (Å²) in [4.78, 5) is 4.55. The van der Waals surface area contributed by atoms with Gasteiger partial charge in [0.1, 0.15) is 5.82 Å². The largest absolute Gasteiger partial charge is 0.256 e. The third-order valence-corrected chi connectivity index (χ3v) is 5.72. The number of hydrogen-bond acceptors (Lipinski definition) is 1. The van der Waals surface area contributed by atoms with Crippen LogP contribution < -0.4 is 0 Å². The molecule has 0 bridgehead atoms. The summed E-state index contributed by atoms with van der Waals surface area (Å²) in [7, 11) is 0. The third-order valence-electron chi connectivity index (χ3n) is 5.72. The Morgan fingerprint density at radius 3 is 2.48 bits per heavy atom. The number of nitrogens with zero attached hydrogens (tertiary/aromatic N) is 1. The topological polar surface area (TPSA) is 12.9 Å². The fraction of sp³-hybridized carbons (Fsp3) is 0.522. The van der Waals surface area contributed by atoms with E-state index in [0.717, 1.165) is 17.2 Å². The maximum Gasteiger partial charge on any atom is 0.132 e. The van der Waals surface area contributed by atoms with Crippen LogP contribution in [-0.2, 0) is 0 Å². The molecule has 1 aromatic heterocycles. The summed E-state index contributed by atoms with van der Waals surface area (Å²) in [5, 5.41) is 0. The maximum atomic E-state index is 14.1. The molecule has 0 unspecified atom stereocenters. The zero-order valence-corrected chi connectivity index (χ0v) is 15.6. The second-order valence-corrected chi connectivity index (χ2v) is 7.67. The van der Waals surface area contributed by atoms with E-state index in [1.54, 1.807) is 6.07 Å². The van der Waals surface area contributed by atoms with Gasteiger partial charge in [0.05, 0.1) is 5.69 Å². The Morgan fingerprint density at radius 1 is 1.04 bits per heavy atom. The van der Waals surface area contributed by atoms with Crippen LogP contribution in [0.3, 0.4) is 0 Å². The van der Waals surface area contributed by atoms with E-state index in [0.29, 0.717) is 11.5 Å². The third kappa shape index (κ3) is 4.68. The average molecular weight is 339 g/mol. The van der Waals surface area contributed by atoms with Crippen molar-refractivity contribution in [2.45, 2.75) is 71.1 Å². The van der Waals surface area contributed by atoms with Crippen LogP contribution in [0.2, 0.25) is 0 Å². The van der Waals surface area contributed by atoms with Gasteiger partial charge in [-0.1, -0.05) is 44.7 Å². The van der Waals surface area contributed by atoms with Crippen LogP contribution in [0.15, 0.2) is 36.5 Å². The molecule has 2 heteroatoms. The van der Waals surface area contributed by atoms with Crippen molar-refractivity contribution in [1.29, 1.82) is 0 Å². The van der Waals surface area contributed by atoms with Gasteiger partial charge in [0, 0.05) is 11.8 Å². The Balaban J connectivity index is 1.60. The highest BCUT2D eigenvalue weighted by Crippen LogP contribution is 2.38. The molecular formula is C23H30FN. The first-order valence-corrected chi connectivity index (χ1v) is 9.90. The number of benzene rings is 1. The van der Waals surface area contributed by atoms with E-state index in [4.69, 9.17) is 0 Å². The standard InChI is InChI=1S/C23H30FN/c1-3-4-5-6-18-8-10-19(11-9-18)20-12-14-23(25-16-20)21-13-7-17(2)15-22(21)24/h7,12-16,18-19H,3-6,8-11H2,1-2H3/t18-,19-. The van der Waals surface area contributed by atoms with Crippen molar-refractivity contribution in [3.05, 3.63) is 53.5 Å². The Labute approximate surface area is 151 Å². The first-order chi connectivity index (χ1) is 12.2. The summed E-state index contributed by atoms with van der Waals surface area (Å²) in [6.45, 7) is 4.18. The molecule has 1 aliphatic carbocycles. The first kappa shape index (κ1) is 18.1. The Morgan fingerprint density at radius 2 is 1.84 bits per heavy atom. The molecule has 0 N–H and O–H groups in total. The van der Waals surface area contributed by atoms with E-state index in [9.17, 15) is 4.39 Å². The fourth-order valence-electron chi connectivity index (χ4n) is 4.10. The van der Waals surface area contributed by atoms with Crippen molar-refractivity contribution in [1.82, 2.24) is 4.98 Å². The number of hydrogen-bond donors (Lipinski definition) is 0. The van der Waals surface area contributed by atoms with E-state index < -0.39 is 0 Å². The van der Waals surface area contributed by atoms with Gasteiger partial charge in [0.25, 0.3) is 0 Å². The van der Waals surface area contributed by atoms with Crippen LogP contribution in [-0.4, -0.2) is 4.98 Å². The fourth-order valence-corrected chi connectivity index (χ4v) is 4.10. The quantitative estimate of drug-likeness (QED) is 0.514. The van der Waals surface area contributed by atoms with Crippen LogP contribution in [0.25, 0.3) is 11.3 Å². The van der Waals surface area contributed by atoms with E-state index in [2.05, 4.69) is 18.0 Å². The van der Waals surface area contributed by atoms with Crippen molar-refractivity contribution in [3.8, 4) is 11.3 Å². The lowest BCUT2D eigenvalue weighted by Crippen LogP contribution is -2.13. The van der Waals surface area contributed by atoms with Crippen molar-refractivity contribution in [2.24, 2.45) is 5.92 Å². The summed E-state index contributed by atoms with van der Waals surface area (Å²) in [6.07, 6.45) is 12.7. The van der Waals surface area contributed by atoms with Gasteiger partial charge >= 0.3 is 0 Å². The molecule has 0 atom stereocenters. The number of halogens is 1. The molecule has 1 nitrogen and oxygen atoms in total. The predicted molar refractivity (Wildman–Crippen MR) is 103 cm³/mol. The van der Waals surface area contributed by atoms with Gasteiger partial charge in [-0.25, -0.2) is 4.39 Å². The molecule has 0 radical (unpaired) electrons. The molecule has 1 aromatic carbocycles. The molecule has 25 heavy (non-hydrogen) atoms. The summed E-state index contributed by atoms with van der Waals surface area (Å²) in [5.41, 5.74) is 3.59. The smallest absolute Gasteiger partial charge is 0.132 e. The number of rotatable bonds is 6. The van der Waals surface area contributed by atoms with Crippen LogP contribution in [0.4, 0.5) is 4.39 Å². The highest BCUT2D eigenvalue weighted by atomic mass is 19.1. The Kier molecular flexibility index (Phi) is 6.23. The van der Waals surface area contributed by atoms with Crippen molar-refractivity contribution < 1.29 is 4.39 Å². The molecule has 0 spiro atoms. The van der Waals surface area contributed by atoms with Crippen molar-refractivity contribution in [3.63, 3.8) is 0 Å². The Hall–Kier alpha value is -1.70. The number of aromatic nitrogens is 1. The van der Waals surface area contributed by atoms with Gasteiger partial charge in [-0.05, 0) is 73.8 Å². The number of pyridine rings is 1. The summed E-state index contributed by atoms with van der Waals surface area (Å²) in [6, 6.07) is 9.48. The van der Waals surface area contributed by atoms with Gasteiger partial charge in [-0.2, -0.15) is 0 Å². The summed E-state index contributed by atoms with van der Waals surface area (Å²) < 4.78 is 14.1. The molecule has 0 aliphatic heterocycles. The van der Waals surface area contributed by atoms with Crippen molar-refractivity contribution >= 4 is 0 Å². The lowest BCUT2D eigenvalue weighted by Gasteiger charge is -2.28. The van der Waals surface area contributed by atoms with Gasteiger partial charge in [0.2, 0.25) is 0 Å². The average Bonchev–Trinajstić information content (AvgIpc) is 2.63. The molecule has 3 rings (SSSR count). The van der Waals surface area contributed by atoms with Crippen molar-refractivity contribution in [2.75, 3.05) is 0 Å². The maximum absolute atomic E-state index is 14.1. The minimum Gasteiger partial charge on any atom is -0.256 e. The highest BCUT2D eigenvalue weighted by Gasteiger charge is 2.22. The minimum atomic E-state index is -0.187. The first-order valence-electron chi connectivity index (χ1n) is 9.90. The minimum absolute atomic E-state index is 0.187. The van der Waals surface area contributed by atoms with Crippen LogP contribution >= 0.6 is 0 Å². The van der Waals surface area contributed by atoms with Gasteiger partial charge in [-0.15, -0.1) is 0 Å². The molecule has 0 saturated heterocycles. The molecule has 1 heterocycles. The lowest BCUT2D eigenvalue weighted by molar-refractivity contribution is 0.302. The predicted octanol–water partition coefficient (Wildman–Crippen LogP) is 7.05. The molecule has 1 saturated carbocycles. The zero-order valence-electron chi connectivity index (χ0n) is 15.6. The van der Waals surface area contributed by atoms with Gasteiger partial charge in [-0.3, -0.25) is 4.98 Å². The molecular weight excluding hydrogens is 309 g/mol. The van der Waals surface area contributed by atoms with E-state index in [1.807, 2.05) is 31.3 Å². The molecule has 0 amide bonds. The van der Waals surface area contributed by atoms with Crippen LogP contribution in [0, 0.1) is 18.7 Å². The van der Waals surface area contributed by atoms with Gasteiger partial charge < -0.3 is 0 Å². The monoisotopic (exact) mass is 339 g/mol. The summed E-state index contributed by atoms with van der Waals surface area (Å²) in [5.74, 6) is 1.37. The second-order valence-electron chi connectivity index (χ2n) is 7.67. The van der Waals surface area contributed by atoms with Crippen LogP contribution in [0.1, 0.15) is 75.3 Å². The zero-order chi connectivity index (χ0) is 17.6. The number of unbranched alkanes of at least 4 members (excludes halogenated alkanes) is 2.